The van der Waals surface area contributed by atoms with Crippen molar-refractivity contribution >= 4 is 34.8 Å². The lowest BCUT2D eigenvalue weighted by Gasteiger charge is -2.12. The number of anilines is 1. The van der Waals surface area contributed by atoms with Crippen LogP contribution in [0, 0.1) is 6.92 Å². The fraction of sp³-hybridized carbons (Fsp3) is 0.222. The van der Waals surface area contributed by atoms with Crippen LogP contribution in [-0.4, -0.2) is 13.0 Å². The fourth-order valence-electron chi connectivity index (χ4n) is 1.05. The van der Waals surface area contributed by atoms with Crippen LogP contribution in [0.1, 0.15) is 5.56 Å². The largest absolute Gasteiger partial charge is 0.323 e. The van der Waals surface area contributed by atoms with Crippen LogP contribution in [0.15, 0.2) is 17.1 Å². The Morgan fingerprint density at radius 3 is 2.60 bits per heavy atom. The van der Waals surface area contributed by atoms with Crippen molar-refractivity contribution in [2.24, 2.45) is 10.8 Å². The number of halogens is 2. The van der Waals surface area contributed by atoms with E-state index in [0.29, 0.717) is 21.7 Å². The van der Waals surface area contributed by atoms with E-state index in [2.05, 4.69) is 15.7 Å². The molecule has 1 aromatic rings. The number of nitrogens with one attached hydrogen (secondary N) is 2. The molecule has 0 atom stereocenters. The predicted octanol–water partition coefficient (Wildman–Crippen LogP) is 2.16. The smallest absolute Gasteiger partial charge is 0.210 e. The number of hydrazine groups is 1. The standard InChI is InChI=1S/C9H12Cl2N4/c1-5-3-4-6(10)8(7(5)11)14-9(13-2)15-12/h3-4H,12H2,1-2H3,(H2,13,14,15). The Hall–Kier alpha value is -0.970. The highest BCUT2D eigenvalue weighted by molar-refractivity contribution is 6.40. The highest BCUT2D eigenvalue weighted by atomic mass is 35.5. The van der Waals surface area contributed by atoms with Crippen molar-refractivity contribution in [1.29, 1.82) is 0 Å². The molecule has 0 fully saturated rings. The van der Waals surface area contributed by atoms with Gasteiger partial charge >= 0.3 is 0 Å². The molecule has 82 valence electrons. The molecular formula is C9H12Cl2N4. The fourth-order valence-corrected chi connectivity index (χ4v) is 1.51. The number of aliphatic imine (C=N–C) groups is 1. The molecule has 0 aliphatic heterocycles. The van der Waals surface area contributed by atoms with Gasteiger partial charge in [-0.05, 0) is 18.6 Å². The summed E-state index contributed by atoms with van der Waals surface area (Å²) in [5.74, 6) is 5.63. The van der Waals surface area contributed by atoms with Crippen molar-refractivity contribution in [2.45, 2.75) is 6.92 Å². The number of hydrogen-bond acceptors (Lipinski definition) is 2. The van der Waals surface area contributed by atoms with Gasteiger partial charge in [-0.1, -0.05) is 29.3 Å². The molecule has 0 heterocycles. The summed E-state index contributed by atoms with van der Waals surface area (Å²) in [6.45, 7) is 1.89. The van der Waals surface area contributed by atoms with Gasteiger partial charge in [-0.15, -0.1) is 0 Å². The van der Waals surface area contributed by atoms with Crippen LogP contribution in [0.4, 0.5) is 5.69 Å². The molecule has 0 radical (unpaired) electrons. The molecule has 6 heteroatoms. The summed E-state index contributed by atoms with van der Waals surface area (Å²) in [4.78, 5) is 3.87. The summed E-state index contributed by atoms with van der Waals surface area (Å²) in [7, 11) is 1.60. The van der Waals surface area contributed by atoms with Crippen LogP contribution in [0.5, 0.6) is 0 Å². The molecular weight excluding hydrogens is 235 g/mol. The van der Waals surface area contributed by atoms with Gasteiger partial charge in [0.15, 0.2) is 0 Å². The van der Waals surface area contributed by atoms with E-state index in [1.807, 2.05) is 13.0 Å². The summed E-state index contributed by atoms with van der Waals surface area (Å²) in [6, 6.07) is 3.60. The minimum Gasteiger partial charge on any atom is -0.323 e. The van der Waals surface area contributed by atoms with E-state index in [1.165, 1.54) is 0 Å². The predicted molar refractivity (Wildman–Crippen MR) is 65.5 cm³/mol. The molecule has 4 nitrogen and oxygen atoms in total. The quantitative estimate of drug-likeness (QED) is 0.308. The molecule has 1 aromatic carbocycles. The first kappa shape index (κ1) is 12.1. The Balaban J connectivity index is 3.08. The summed E-state index contributed by atoms with van der Waals surface area (Å²) < 4.78 is 0. The lowest BCUT2D eigenvalue weighted by molar-refractivity contribution is 1.01. The maximum Gasteiger partial charge on any atom is 0.210 e. The maximum absolute atomic E-state index is 6.09. The monoisotopic (exact) mass is 246 g/mol. The van der Waals surface area contributed by atoms with Crippen molar-refractivity contribution in [1.82, 2.24) is 5.43 Å². The first-order valence-electron chi connectivity index (χ1n) is 4.25. The topological polar surface area (TPSA) is 62.4 Å². The molecule has 0 aliphatic rings. The zero-order valence-electron chi connectivity index (χ0n) is 8.44. The highest BCUT2D eigenvalue weighted by Gasteiger charge is 2.09. The van der Waals surface area contributed by atoms with Gasteiger partial charge in [0.1, 0.15) is 0 Å². The summed E-state index contributed by atoms with van der Waals surface area (Å²) in [6.07, 6.45) is 0. The van der Waals surface area contributed by atoms with Gasteiger partial charge < -0.3 is 5.32 Å². The zero-order valence-corrected chi connectivity index (χ0v) is 9.95. The second-order valence-corrected chi connectivity index (χ2v) is 3.68. The van der Waals surface area contributed by atoms with E-state index >= 15 is 0 Å². The molecule has 1 rings (SSSR count). The van der Waals surface area contributed by atoms with E-state index in [1.54, 1.807) is 13.1 Å². The van der Waals surface area contributed by atoms with Crippen molar-refractivity contribution in [3.63, 3.8) is 0 Å². The van der Waals surface area contributed by atoms with Crippen molar-refractivity contribution in [3.05, 3.63) is 27.7 Å². The van der Waals surface area contributed by atoms with Crippen LogP contribution in [-0.2, 0) is 0 Å². The van der Waals surface area contributed by atoms with Gasteiger partial charge in [0.05, 0.1) is 15.7 Å². The maximum atomic E-state index is 6.09. The molecule has 0 aliphatic carbocycles. The van der Waals surface area contributed by atoms with Gasteiger partial charge in [0, 0.05) is 7.05 Å². The Bertz CT molecular complexity index is 390. The third-order valence-electron chi connectivity index (χ3n) is 1.89. The minimum absolute atomic E-state index is 0.393. The van der Waals surface area contributed by atoms with Crippen molar-refractivity contribution in [2.75, 3.05) is 12.4 Å². The second kappa shape index (κ2) is 5.21. The van der Waals surface area contributed by atoms with Crippen LogP contribution in [0.3, 0.4) is 0 Å². The van der Waals surface area contributed by atoms with Crippen LogP contribution < -0.4 is 16.6 Å². The lowest BCUT2D eigenvalue weighted by atomic mass is 10.2. The second-order valence-electron chi connectivity index (χ2n) is 2.89. The van der Waals surface area contributed by atoms with Crippen LogP contribution in [0.2, 0.25) is 10.0 Å². The number of nitrogens with two attached hydrogens (primary N) is 1. The van der Waals surface area contributed by atoms with Gasteiger partial charge in [0.25, 0.3) is 0 Å². The average molecular weight is 247 g/mol. The van der Waals surface area contributed by atoms with Crippen molar-refractivity contribution < 1.29 is 0 Å². The average Bonchev–Trinajstić information content (AvgIpc) is 2.24. The first-order chi connectivity index (χ1) is 7.10. The molecule has 0 saturated heterocycles. The Labute approximate surface area is 98.4 Å². The molecule has 0 saturated carbocycles. The summed E-state index contributed by atoms with van der Waals surface area (Å²) in [5.41, 5.74) is 3.92. The molecule has 0 unspecified atom stereocenters. The Morgan fingerprint density at radius 2 is 2.07 bits per heavy atom. The Morgan fingerprint density at radius 1 is 1.40 bits per heavy atom. The number of rotatable bonds is 1. The molecule has 15 heavy (non-hydrogen) atoms. The van der Waals surface area contributed by atoms with Gasteiger partial charge in [0.2, 0.25) is 5.96 Å². The third-order valence-corrected chi connectivity index (χ3v) is 2.69. The minimum atomic E-state index is 0.393. The normalized spacial score (nSPS) is 11.4. The van der Waals surface area contributed by atoms with E-state index in [9.17, 15) is 0 Å². The number of aryl methyl sites for hydroxylation is 1. The lowest BCUT2D eigenvalue weighted by Crippen LogP contribution is -2.36. The van der Waals surface area contributed by atoms with Crippen LogP contribution in [0.25, 0.3) is 0 Å². The number of guanidine groups is 1. The molecule has 0 spiro atoms. The number of nitrogens with zero attached hydrogens (tertiary/aromatic N) is 1. The Kier molecular flexibility index (Phi) is 4.20. The van der Waals surface area contributed by atoms with Crippen molar-refractivity contribution in [3.8, 4) is 0 Å². The number of hydrogen-bond donors (Lipinski definition) is 3. The third kappa shape index (κ3) is 2.75. The van der Waals surface area contributed by atoms with E-state index in [0.717, 1.165) is 5.56 Å². The van der Waals surface area contributed by atoms with Gasteiger partial charge in [-0.2, -0.15) is 0 Å². The van der Waals surface area contributed by atoms with Gasteiger partial charge in [-0.25, -0.2) is 5.84 Å². The van der Waals surface area contributed by atoms with Gasteiger partial charge in [-0.3, -0.25) is 10.4 Å². The van der Waals surface area contributed by atoms with E-state index in [-0.39, 0.29) is 0 Å². The van der Waals surface area contributed by atoms with Crippen LogP contribution >= 0.6 is 23.2 Å². The zero-order chi connectivity index (χ0) is 11.4. The molecule has 4 N–H and O–H groups in total. The molecule has 0 amide bonds. The summed E-state index contributed by atoms with van der Waals surface area (Å²) in [5, 5.41) is 3.98. The molecule has 0 bridgehead atoms. The summed E-state index contributed by atoms with van der Waals surface area (Å²) >= 11 is 12.1. The van der Waals surface area contributed by atoms with E-state index < -0.39 is 0 Å². The number of benzene rings is 1. The first-order valence-corrected chi connectivity index (χ1v) is 5.00. The van der Waals surface area contributed by atoms with E-state index in [4.69, 9.17) is 29.0 Å². The highest BCUT2D eigenvalue weighted by Crippen LogP contribution is 2.32. The molecule has 0 aromatic heterocycles. The SMILES string of the molecule is CN=C(NN)Nc1c(Cl)ccc(C)c1Cl.